The van der Waals surface area contributed by atoms with Crippen molar-refractivity contribution in [1.29, 1.82) is 0 Å². The number of hydrogen-bond acceptors (Lipinski definition) is 3. The quantitative estimate of drug-likeness (QED) is 0.194. The number of rotatable bonds is 1. The van der Waals surface area contributed by atoms with E-state index in [0.717, 1.165) is 16.2 Å². The molecule has 2 heterocycles. The highest BCUT2D eigenvalue weighted by atomic mass is 32.1. The van der Waals surface area contributed by atoms with Gasteiger partial charge < -0.3 is 0 Å². The van der Waals surface area contributed by atoms with Crippen molar-refractivity contribution in [3.63, 3.8) is 0 Å². The van der Waals surface area contributed by atoms with E-state index in [1.54, 1.807) is 18.2 Å². The lowest BCUT2D eigenvalue weighted by atomic mass is 9.94. The number of nitrogens with zero attached hydrogens (tertiary/aromatic N) is 2. The van der Waals surface area contributed by atoms with E-state index in [0.29, 0.717) is 4.88 Å². The molecular weight excluding hydrogens is 438 g/mol. The van der Waals surface area contributed by atoms with Crippen molar-refractivity contribution in [3.8, 4) is 10.6 Å². The van der Waals surface area contributed by atoms with Crippen molar-refractivity contribution in [2.45, 2.75) is 12.4 Å². The van der Waals surface area contributed by atoms with E-state index in [2.05, 4.69) is 10.2 Å². The molecule has 0 aliphatic heterocycles. The summed E-state index contributed by atoms with van der Waals surface area (Å²) in [7, 11) is 0. The molecule has 0 atom stereocenters. The SMILES string of the molecule is FC(F)(F)c1nnc(-c2cc3ccccc3s2)c2cc3ccccc3c(C(F)(F)F)c12. The minimum Gasteiger partial charge on any atom is -0.166 e. The predicted octanol–water partition coefficient (Wildman–Crippen LogP) is 7.70. The number of aromatic nitrogens is 2. The number of alkyl halides is 6. The number of thiophene rings is 1. The van der Waals surface area contributed by atoms with Crippen LogP contribution in [-0.4, -0.2) is 10.2 Å². The first-order valence-corrected chi connectivity index (χ1v) is 9.82. The molecule has 156 valence electrons. The van der Waals surface area contributed by atoms with Gasteiger partial charge in [-0.1, -0.05) is 42.5 Å². The van der Waals surface area contributed by atoms with Gasteiger partial charge in [0.1, 0.15) is 5.69 Å². The monoisotopic (exact) mass is 448 g/mol. The third-order valence-corrected chi connectivity index (χ3v) is 6.12. The molecule has 5 rings (SSSR count). The molecule has 0 spiro atoms. The topological polar surface area (TPSA) is 25.8 Å². The maximum absolute atomic E-state index is 14.1. The Hall–Kier alpha value is -3.20. The fourth-order valence-electron chi connectivity index (χ4n) is 3.76. The molecule has 0 fully saturated rings. The highest BCUT2D eigenvalue weighted by molar-refractivity contribution is 7.22. The average molecular weight is 448 g/mol. The van der Waals surface area contributed by atoms with E-state index in [9.17, 15) is 26.3 Å². The summed E-state index contributed by atoms with van der Waals surface area (Å²) in [4.78, 5) is 0.441. The number of benzene rings is 3. The van der Waals surface area contributed by atoms with Crippen LogP contribution in [0.4, 0.5) is 26.3 Å². The molecule has 5 aromatic rings. The molecule has 0 aliphatic rings. The number of fused-ring (bicyclic) bond motifs is 3. The lowest BCUT2D eigenvalue weighted by molar-refractivity contribution is -0.142. The third-order valence-electron chi connectivity index (χ3n) is 5.00. The number of hydrogen-bond donors (Lipinski definition) is 0. The van der Waals surface area contributed by atoms with Crippen LogP contribution in [0.15, 0.2) is 60.7 Å². The Morgan fingerprint density at radius 2 is 1.35 bits per heavy atom. The Kier molecular flexibility index (Phi) is 4.23. The molecule has 0 unspecified atom stereocenters. The van der Waals surface area contributed by atoms with Gasteiger partial charge in [-0.2, -0.15) is 26.3 Å². The van der Waals surface area contributed by atoms with Crippen molar-refractivity contribution in [2.75, 3.05) is 0 Å². The van der Waals surface area contributed by atoms with Crippen LogP contribution < -0.4 is 0 Å². The molecule has 9 heteroatoms. The van der Waals surface area contributed by atoms with E-state index >= 15 is 0 Å². The first-order chi connectivity index (χ1) is 14.6. The fraction of sp³-hybridized carbons (Fsp3) is 0.0909. The maximum atomic E-state index is 14.1. The molecule has 0 saturated carbocycles. The van der Waals surface area contributed by atoms with Crippen molar-refractivity contribution in [1.82, 2.24) is 10.2 Å². The Morgan fingerprint density at radius 3 is 2.03 bits per heavy atom. The summed E-state index contributed by atoms with van der Waals surface area (Å²) in [6, 6.07) is 15.7. The van der Waals surface area contributed by atoms with E-state index < -0.39 is 29.0 Å². The average Bonchev–Trinajstić information content (AvgIpc) is 3.13. The maximum Gasteiger partial charge on any atom is 0.435 e. The molecule has 3 aromatic carbocycles. The van der Waals surface area contributed by atoms with Crippen LogP contribution >= 0.6 is 11.3 Å². The van der Waals surface area contributed by atoms with Crippen molar-refractivity contribution >= 4 is 43.0 Å². The Labute approximate surface area is 174 Å². The Balaban J connectivity index is 1.99. The molecule has 0 saturated heterocycles. The van der Waals surface area contributed by atoms with Gasteiger partial charge in [-0.25, -0.2) is 0 Å². The highest BCUT2D eigenvalue weighted by Crippen LogP contribution is 2.47. The van der Waals surface area contributed by atoms with Crippen molar-refractivity contribution < 1.29 is 26.3 Å². The third kappa shape index (κ3) is 3.20. The first-order valence-electron chi connectivity index (χ1n) is 9.00. The van der Waals surface area contributed by atoms with Gasteiger partial charge in [0.05, 0.1) is 10.4 Å². The van der Waals surface area contributed by atoms with Gasteiger partial charge in [0.25, 0.3) is 0 Å². The summed E-state index contributed by atoms with van der Waals surface area (Å²) in [6.07, 6.45) is -10.1. The van der Waals surface area contributed by atoms with Gasteiger partial charge in [0.2, 0.25) is 0 Å². The van der Waals surface area contributed by atoms with Crippen molar-refractivity contribution in [2.24, 2.45) is 0 Å². The minimum atomic E-state index is -5.10. The van der Waals surface area contributed by atoms with E-state index in [4.69, 9.17) is 0 Å². The molecule has 31 heavy (non-hydrogen) atoms. The summed E-state index contributed by atoms with van der Waals surface area (Å²) in [5.74, 6) is 0. The van der Waals surface area contributed by atoms with E-state index in [1.165, 1.54) is 35.6 Å². The standard InChI is InChI=1S/C22H10F6N2S/c23-21(24,25)18-13-7-3-1-5-11(13)9-14-17(18)20(22(26,27)28)30-29-19(14)16-10-12-6-2-4-8-15(12)31-16/h1-10H. The molecule has 0 aliphatic carbocycles. The van der Waals surface area contributed by atoms with Crippen LogP contribution in [0.5, 0.6) is 0 Å². The van der Waals surface area contributed by atoms with Gasteiger partial charge in [0.15, 0.2) is 5.69 Å². The molecular formula is C22H10F6N2S. The molecule has 0 N–H and O–H groups in total. The zero-order valence-corrected chi connectivity index (χ0v) is 16.2. The molecule has 0 radical (unpaired) electrons. The molecule has 0 amide bonds. The zero-order chi connectivity index (χ0) is 22.0. The minimum absolute atomic E-state index is 0.0135. The normalized spacial score (nSPS) is 12.8. The van der Waals surface area contributed by atoms with Gasteiger partial charge in [-0.3, -0.25) is 0 Å². The van der Waals surface area contributed by atoms with Crippen LogP contribution in [0.3, 0.4) is 0 Å². The van der Waals surface area contributed by atoms with Crippen LogP contribution in [0.1, 0.15) is 11.3 Å². The predicted molar refractivity (Wildman–Crippen MR) is 108 cm³/mol. The summed E-state index contributed by atoms with van der Waals surface area (Å²) >= 11 is 1.23. The number of halogens is 6. The largest absolute Gasteiger partial charge is 0.435 e. The lowest BCUT2D eigenvalue weighted by Crippen LogP contribution is -2.15. The lowest BCUT2D eigenvalue weighted by Gasteiger charge is -2.18. The van der Waals surface area contributed by atoms with Gasteiger partial charge in [0, 0.05) is 15.5 Å². The van der Waals surface area contributed by atoms with Gasteiger partial charge in [-0.05, 0) is 34.4 Å². The fourth-order valence-corrected chi connectivity index (χ4v) is 4.82. The summed E-state index contributed by atoms with van der Waals surface area (Å²) in [6.45, 7) is 0. The second kappa shape index (κ2) is 6.65. The summed E-state index contributed by atoms with van der Waals surface area (Å²) in [5.41, 5.74) is -3.02. The zero-order valence-electron chi connectivity index (χ0n) is 15.3. The van der Waals surface area contributed by atoms with Gasteiger partial charge >= 0.3 is 12.4 Å². The summed E-state index contributed by atoms with van der Waals surface area (Å²) < 4.78 is 84.3. The molecule has 2 aromatic heterocycles. The van der Waals surface area contributed by atoms with Crippen LogP contribution in [-0.2, 0) is 12.4 Å². The van der Waals surface area contributed by atoms with Gasteiger partial charge in [-0.15, -0.1) is 21.5 Å². The van der Waals surface area contributed by atoms with Crippen LogP contribution in [0.25, 0.3) is 42.2 Å². The smallest absolute Gasteiger partial charge is 0.166 e. The van der Waals surface area contributed by atoms with Crippen LogP contribution in [0, 0.1) is 0 Å². The highest BCUT2D eigenvalue weighted by Gasteiger charge is 2.43. The Bertz CT molecular complexity index is 1430. The molecule has 0 bridgehead atoms. The van der Waals surface area contributed by atoms with E-state index in [1.807, 2.05) is 12.1 Å². The Morgan fingerprint density at radius 1 is 0.677 bits per heavy atom. The second-order valence-corrected chi connectivity index (χ2v) is 8.02. The van der Waals surface area contributed by atoms with E-state index in [-0.39, 0.29) is 21.9 Å². The van der Waals surface area contributed by atoms with Crippen molar-refractivity contribution in [3.05, 3.63) is 71.9 Å². The second-order valence-electron chi connectivity index (χ2n) is 6.94. The first kappa shape index (κ1) is 19.7. The molecule has 2 nitrogen and oxygen atoms in total. The summed E-state index contributed by atoms with van der Waals surface area (Å²) in [5, 5.41) is 6.43. The van der Waals surface area contributed by atoms with Crippen LogP contribution in [0.2, 0.25) is 0 Å².